The first-order valence-corrected chi connectivity index (χ1v) is 6.73. The molecule has 2 N–H and O–H groups in total. The summed E-state index contributed by atoms with van der Waals surface area (Å²) in [7, 11) is 2.08. The number of aromatic hydroxyl groups is 1. The van der Waals surface area contributed by atoms with Crippen LogP contribution < -0.4 is 5.32 Å². The minimum Gasteiger partial charge on any atom is -0.508 e. The molecule has 1 aromatic carbocycles. The fraction of sp³-hybridized carbons (Fsp3) is 0.600. The Hall–Kier alpha value is -1.02. The minimum absolute atomic E-state index is 0.364. The van der Waals surface area contributed by atoms with Gasteiger partial charge in [0.2, 0.25) is 0 Å². The highest BCUT2D eigenvalue weighted by Crippen LogP contribution is 2.26. The number of phenolic OH excluding ortho intramolecular Hbond substituents is 1. The van der Waals surface area contributed by atoms with Crippen LogP contribution in [0.2, 0.25) is 0 Å². The van der Waals surface area contributed by atoms with Gasteiger partial charge >= 0.3 is 0 Å². The first kappa shape index (κ1) is 12.4. The summed E-state index contributed by atoms with van der Waals surface area (Å²) in [4.78, 5) is 0. The number of rotatable bonds is 3. The van der Waals surface area contributed by atoms with Crippen molar-refractivity contribution in [3.05, 3.63) is 29.8 Å². The van der Waals surface area contributed by atoms with Crippen molar-refractivity contribution in [3.63, 3.8) is 0 Å². The Morgan fingerprint density at radius 3 is 2.59 bits per heavy atom. The van der Waals surface area contributed by atoms with Crippen molar-refractivity contribution in [2.24, 2.45) is 5.92 Å². The molecule has 1 aliphatic carbocycles. The van der Waals surface area contributed by atoms with Gasteiger partial charge in [0, 0.05) is 6.04 Å². The molecule has 0 amide bonds. The van der Waals surface area contributed by atoms with E-state index < -0.39 is 0 Å². The maximum atomic E-state index is 9.28. The fourth-order valence-corrected chi connectivity index (χ4v) is 2.87. The van der Waals surface area contributed by atoms with Crippen LogP contribution >= 0.6 is 0 Å². The van der Waals surface area contributed by atoms with Crippen molar-refractivity contribution in [2.45, 2.75) is 44.6 Å². The van der Waals surface area contributed by atoms with E-state index in [0.717, 1.165) is 12.3 Å². The van der Waals surface area contributed by atoms with Crippen LogP contribution in [-0.4, -0.2) is 18.2 Å². The highest BCUT2D eigenvalue weighted by atomic mass is 16.3. The molecular formula is C15H23NO. The standard InChI is InChI=1S/C15H23NO/c1-16-14-5-3-2-4-13(11-14)10-12-6-8-15(17)9-7-12/h6-9,13-14,16-17H,2-5,10-11H2,1H3. The number of benzene rings is 1. The summed E-state index contributed by atoms with van der Waals surface area (Å²) in [5, 5.41) is 12.7. The SMILES string of the molecule is CNC1CCCCC(Cc2ccc(O)cc2)C1. The van der Waals surface area contributed by atoms with Gasteiger partial charge in [0.05, 0.1) is 0 Å². The van der Waals surface area contributed by atoms with Crippen molar-refractivity contribution < 1.29 is 5.11 Å². The normalized spacial score (nSPS) is 25.5. The molecular weight excluding hydrogens is 210 g/mol. The average Bonchev–Trinajstić information content (AvgIpc) is 2.57. The second-order valence-electron chi connectivity index (χ2n) is 5.24. The van der Waals surface area contributed by atoms with Crippen molar-refractivity contribution in [1.29, 1.82) is 0 Å². The summed E-state index contributed by atoms with van der Waals surface area (Å²) in [6.07, 6.45) is 7.83. The minimum atomic E-state index is 0.364. The fourth-order valence-electron chi connectivity index (χ4n) is 2.87. The van der Waals surface area contributed by atoms with E-state index in [4.69, 9.17) is 0 Å². The van der Waals surface area contributed by atoms with Gasteiger partial charge in [0.15, 0.2) is 0 Å². The molecule has 2 heteroatoms. The summed E-state index contributed by atoms with van der Waals surface area (Å²) in [5.41, 5.74) is 1.35. The molecule has 1 aliphatic rings. The maximum Gasteiger partial charge on any atom is 0.115 e. The Labute approximate surface area is 104 Å². The second-order valence-corrected chi connectivity index (χ2v) is 5.24. The maximum absolute atomic E-state index is 9.28. The lowest BCUT2D eigenvalue weighted by Crippen LogP contribution is -2.26. The van der Waals surface area contributed by atoms with Crippen molar-refractivity contribution in [3.8, 4) is 5.75 Å². The summed E-state index contributed by atoms with van der Waals surface area (Å²) >= 11 is 0. The molecule has 0 aromatic heterocycles. The topological polar surface area (TPSA) is 32.3 Å². The van der Waals surface area contributed by atoms with E-state index in [0.29, 0.717) is 11.8 Å². The predicted octanol–water partition coefficient (Wildman–Crippen LogP) is 3.10. The summed E-state index contributed by atoms with van der Waals surface area (Å²) in [6, 6.07) is 8.38. The van der Waals surface area contributed by atoms with Crippen LogP contribution in [0.4, 0.5) is 0 Å². The van der Waals surface area contributed by atoms with E-state index in [1.165, 1.54) is 37.7 Å². The van der Waals surface area contributed by atoms with Gasteiger partial charge in [-0.3, -0.25) is 0 Å². The molecule has 0 heterocycles. The van der Waals surface area contributed by atoms with Gasteiger partial charge in [-0.25, -0.2) is 0 Å². The van der Waals surface area contributed by atoms with Crippen molar-refractivity contribution in [1.82, 2.24) is 5.32 Å². The predicted molar refractivity (Wildman–Crippen MR) is 71.2 cm³/mol. The van der Waals surface area contributed by atoms with Gasteiger partial charge in [0.25, 0.3) is 0 Å². The zero-order valence-electron chi connectivity index (χ0n) is 10.7. The molecule has 2 rings (SSSR count). The van der Waals surface area contributed by atoms with Crippen LogP contribution in [0.3, 0.4) is 0 Å². The smallest absolute Gasteiger partial charge is 0.115 e. The number of nitrogens with one attached hydrogen (secondary N) is 1. The highest BCUT2D eigenvalue weighted by Gasteiger charge is 2.19. The lowest BCUT2D eigenvalue weighted by Gasteiger charge is -2.19. The Morgan fingerprint density at radius 1 is 1.18 bits per heavy atom. The molecule has 0 bridgehead atoms. The quantitative estimate of drug-likeness (QED) is 0.786. The third kappa shape index (κ3) is 3.74. The van der Waals surface area contributed by atoms with E-state index in [9.17, 15) is 5.11 Å². The molecule has 1 fully saturated rings. The lowest BCUT2D eigenvalue weighted by molar-refractivity contribution is 0.400. The molecule has 94 valence electrons. The van der Waals surface area contributed by atoms with E-state index >= 15 is 0 Å². The van der Waals surface area contributed by atoms with Gasteiger partial charge in [-0.2, -0.15) is 0 Å². The lowest BCUT2D eigenvalue weighted by atomic mass is 9.91. The average molecular weight is 233 g/mol. The van der Waals surface area contributed by atoms with Crippen LogP contribution in [0.5, 0.6) is 5.75 Å². The molecule has 2 nitrogen and oxygen atoms in total. The Morgan fingerprint density at radius 2 is 1.88 bits per heavy atom. The number of hydrogen-bond acceptors (Lipinski definition) is 2. The Bertz CT molecular complexity index is 333. The van der Waals surface area contributed by atoms with Gasteiger partial charge in [-0.15, -0.1) is 0 Å². The zero-order chi connectivity index (χ0) is 12.1. The molecule has 17 heavy (non-hydrogen) atoms. The van der Waals surface area contributed by atoms with Crippen LogP contribution in [0.15, 0.2) is 24.3 Å². The number of phenols is 1. The first-order chi connectivity index (χ1) is 8.28. The summed E-state index contributed by atoms with van der Waals surface area (Å²) in [6.45, 7) is 0. The molecule has 0 radical (unpaired) electrons. The van der Waals surface area contributed by atoms with Gasteiger partial charge in [-0.05, 0) is 49.9 Å². The third-order valence-electron chi connectivity index (χ3n) is 3.90. The van der Waals surface area contributed by atoms with Crippen molar-refractivity contribution >= 4 is 0 Å². The monoisotopic (exact) mass is 233 g/mol. The summed E-state index contributed by atoms with van der Waals surface area (Å²) in [5.74, 6) is 1.15. The van der Waals surface area contributed by atoms with E-state index in [1.54, 1.807) is 12.1 Å². The molecule has 1 saturated carbocycles. The molecule has 0 spiro atoms. The molecule has 2 atom stereocenters. The Kier molecular flexibility index (Phi) is 4.43. The first-order valence-electron chi connectivity index (χ1n) is 6.73. The van der Waals surface area contributed by atoms with E-state index in [1.807, 2.05) is 0 Å². The third-order valence-corrected chi connectivity index (χ3v) is 3.90. The zero-order valence-corrected chi connectivity index (χ0v) is 10.7. The van der Waals surface area contributed by atoms with E-state index in [2.05, 4.69) is 24.5 Å². The van der Waals surface area contributed by atoms with Gasteiger partial charge in [-0.1, -0.05) is 31.4 Å². The number of hydrogen-bond donors (Lipinski definition) is 2. The van der Waals surface area contributed by atoms with Crippen LogP contribution in [0.1, 0.15) is 37.7 Å². The molecule has 2 unspecified atom stereocenters. The van der Waals surface area contributed by atoms with E-state index in [-0.39, 0.29) is 0 Å². The van der Waals surface area contributed by atoms with Gasteiger partial charge < -0.3 is 10.4 Å². The van der Waals surface area contributed by atoms with Crippen LogP contribution in [0.25, 0.3) is 0 Å². The van der Waals surface area contributed by atoms with Gasteiger partial charge in [0.1, 0.15) is 5.75 Å². The molecule has 1 aromatic rings. The highest BCUT2D eigenvalue weighted by molar-refractivity contribution is 5.26. The molecule has 0 saturated heterocycles. The molecule has 0 aliphatic heterocycles. The largest absolute Gasteiger partial charge is 0.508 e. The van der Waals surface area contributed by atoms with Crippen LogP contribution in [-0.2, 0) is 6.42 Å². The van der Waals surface area contributed by atoms with Crippen molar-refractivity contribution in [2.75, 3.05) is 7.05 Å². The second kappa shape index (κ2) is 6.06. The Balaban J connectivity index is 1.94. The summed E-state index contributed by atoms with van der Waals surface area (Å²) < 4.78 is 0. The van der Waals surface area contributed by atoms with Crippen LogP contribution in [0, 0.1) is 5.92 Å².